The van der Waals surface area contributed by atoms with Gasteiger partial charge in [-0.2, -0.15) is 0 Å². The number of hydrogen-bond donors (Lipinski definition) is 2. The van der Waals surface area contributed by atoms with E-state index < -0.39 is 0 Å². The highest BCUT2D eigenvalue weighted by Crippen LogP contribution is 2.17. The van der Waals surface area contributed by atoms with Gasteiger partial charge in [0.05, 0.1) is 12.1 Å². The summed E-state index contributed by atoms with van der Waals surface area (Å²) < 4.78 is 13.2. The molecule has 21 heavy (non-hydrogen) atoms. The Hall–Kier alpha value is -2.20. The molecule has 2 N–H and O–H groups in total. The minimum Gasteiger partial charge on any atom is -0.353 e. The van der Waals surface area contributed by atoms with Crippen LogP contribution in [0.4, 0.5) is 4.39 Å². The van der Waals surface area contributed by atoms with E-state index in [0.717, 1.165) is 11.1 Å². The molecule has 4 heteroatoms. The van der Waals surface area contributed by atoms with E-state index >= 15 is 0 Å². The lowest BCUT2D eigenvalue weighted by molar-refractivity contribution is -0.125. The molecule has 0 saturated carbocycles. The number of carbonyl (C=O) groups excluding carboxylic acids is 1. The molecule has 2 aromatic rings. The molecular weight excluding hydrogens is 267 g/mol. The molecule has 0 aliphatic carbocycles. The van der Waals surface area contributed by atoms with E-state index in [2.05, 4.69) is 10.6 Å². The molecule has 1 saturated heterocycles. The van der Waals surface area contributed by atoms with Gasteiger partial charge < -0.3 is 5.32 Å². The van der Waals surface area contributed by atoms with Crippen LogP contribution in [0.2, 0.25) is 0 Å². The molecule has 1 aliphatic heterocycles. The second-order valence-corrected chi connectivity index (χ2v) is 5.26. The van der Waals surface area contributed by atoms with Gasteiger partial charge in [0.1, 0.15) is 5.82 Å². The minimum atomic E-state index is -0.342. The fourth-order valence-electron chi connectivity index (χ4n) is 2.65. The normalized spacial score (nSPS) is 21.9. The van der Waals surface area contributed by atoms with E-state index in [0.29, 0.717) is 13.0 Å². The molecule has 0 radical (unpaired) electrons. The SMILES string of the molecule is O=C1NC[C@H](c2ccccc2)N[C@H]1Cc1cccc(F)c1. The molecule has 3 nitrogen and oxygen atoms in total. The van der Waals surface area contributed by atoms with Gasteiger partial charge in [0.25, 0.3) is 0 Å². The first-order valence-corrected chi connectivity index (χ1v) is 7.05. The third-order valence-corrected chi connectivity index (χ3v) is 3.73. The topological polar surface area (TPSA) is 41.1 Å². The third-order valence-electron chi connectivity index (χ3n) is 3.73. The highest BCUT2D eigenvalue weighted by molar-refractivity contribution is 5.83. The average Bonchev–Trinajstić information content (AvgIpc) is 2.50. The van der Waals surface area contributed by atoms with Gasteiger partial charge in [0.2, 0.25) is 5.91 Å². The molecule has 1 fully saturated rings. The minimum absolute atomic E-state index is 0.0357. The first-order chi connectivity index (χ1) is 10.2. The highest BCUT2D eigenvalue weighted by Gasteiger charge is 2.28. The van der Waals surface area contributed by atoms with Crippen LogP contribution < -0.4 is 10.6 Å². The summed E-state index contributed by atoms with van der Waals surface area (Å²) in [5.41, 5.74) is 1.96. The van der Waals surface area contributed by atoms with Crippen molar-refractivity contribution in [3.63, 3.8) is 0 Å². The smallest absolute Gasteiger partial charge is 0.237 e. The zero-order valence-corrected chi connectivity index (χ0v) is 11.6. The molecule has 1 heterocycles. The average molecular weight is 284 g/mol. The first kappa shape index (κ1) is 13.8. The summed E-state index contributed by atoms with van der Waals surface area (Å²) in [6.45, 7) is 0.572. The predicted octanol–water partition coefficient (Wildman–Crippen LogP) is 2.20. The number of piperazine rings is 1. The summed E-state index contributed by atoms with van der Waals surface area (Å²) in [5.74, 6) is -0.310. The quantitative estimate of drug-likeness (QED) is 0.907. The summed E-state index contributed by atoms with van der Waals surface area (Å²) >= 11 is 0. The lowest BCUT2D eigenvalue weighted by Crippen LogP contribution is -2.55. The maximum atomic E-state index is 13.2. The second-order valence-electron chi connectivity index (χ2n) is 5.26. The number of benzene rings is 2. The number of halogens is 1. The van der Waals surface area contributed by atoms with Crippen LogP contribution in [0, 0.1) is 5.82 Å². The van der Waals surface area contributed by atoms with Crippen LogP contribution in [0.1, 0.15) is 17.2 Å². The summed E-state index contributed by atoms with van der Waals surface area (Å²) in [6.07, 6.45) is 0.479. The van der Waals surface area contributed by atoms with Crippen molar-refractivity contribution in [1.82, 2.24) is 10.6 Å². The zero-order chi connectivity index (χ0) is 14.7. The van der Waals surface area contributed by atoms with E-state index in [9.17, 15) is 9.18 Å². The maximum absolute atomic E-state index is 13.2. The van der Waals surface area contributed by atoms with Gasteiger partial charge in [-0.15, -0.1) is 0 Å². The van der Waals surface area contributed by atoms with Crippen molar-refractivity contribution in [3.8, 4) is 0 Å². The summed E-state index contributed by atoms with van der Waals surface area (Å²) in [6, 6.07) is 16.1. The molecule has 2 atom stereocenters. The number of nitrogens with one attached hydrogen (secondary N) is 2. The third kappa shape index (κ3) is 3.28. The van der Waals surface area contributed by atoms with Gasteiger partial charge in [-0.1, -0.05) is 42.5 Å². The van der Waals surface area contributed by atoms with Gasteiger partial charge in [0, 0.05) is 6.54 Å². The standard InChI is InChI=1S/C17H17FN2O/c18-14-8-4-5-12(9-14)10-15-17(21)19-11-16(20-15)13-6-2-1-3-7-13/h1-9,15-16,20H,10-11H2,(H,19,21)/t15-,16+/m0/s1. The molecule has 1 aliphatic rings. The Bertz CT molecular complexity index is 630. The molecule has 0 unspecified atom stereocenters. The van der Waals surface area contributed by atoms with Crippen molar-refractivity contribution in [2.75, 3.05) is 6.54 Å². The molecule has 2 aromatic carbocycles. The van der Waals surface area contributed by atoms with Gasteiger partial charge in [-0.05, 0) is 29.7 Å². The first-order valence-electron chi connectivity index (χ1n) is 7.05. The fourth-order valence-corrected chi connectivity index (χ4v) is 2.65. The zero-order valence-electron chi connectivity index (χ0n) is 11.6. The molecule has 3 rings (SSSR count). The van der Waals surface area contributed by atoms with Crippen molar-refractivity contribution >= 4 is 5.91 Å². The van der Waals surface area contributed by atoms with Crippen LogP contribution in [0.15, 0.2) is 54.6 Å². The monoisotopic (exact) mass is 284 g/mol. The molecule has 108 valence electrons. The molecule has 0 spiro atoms. The van der Waals surface area contributed by atoms with Crippen LogP contribution in [-0.4, -0.2) is 18.5 Å². The lowest BCUT2D eigenvalue weighted by atomic mass is 9.98. The van der Waals surface area contributed by atoms with Crippen LogP contribution in [0.5, 0.6) is 0 Å². The maximum Gasteiger partial charge on any atom is 0.237 e. The van der Waals surface area contributed by atoms with Gasteiger partial charge in [-0.25, -0.2) is 4.39 Å². The van der Waals surface area contributed by atoms with Crippen LogP contribution in [0.3, 0.4) is 0 Å². The fraction of sp³-hybridized carbons (Fsp3) is 0.235. The van der Waals surface area contributed by atoms with Crippen LogP contribution in [0.25, 0.3) is 0 Å². The van der Waals surface area contributed by atoms with Crippen molar-refractivity contribution < 1.29 is 9.18 Å². The van der Waals surface area contributed by atoms with E-state index in [4.69, 9.17) is 0 Å². The molecule has 0 aromatic heterocycles. The van der Waals surface area contributed by atoms with Crippen molar-refractivity contribution in [2.45, 2.75) is 18.5 Å². The van der Waals surface area contributed by atoms with Crippen molar-refractivity contribution in [2.24, 2.45) is 0 Å². The predicted molar refractivity (Wildman–Crippen MR) is 79.2 cm³/mol. The van der Waals surface area contributed by atoms with E-state index in [-0.39, 0.29) is 23.8 Å². The van der Waals surface area contributed by atoms with E-state index in [1.54, 1.807) is 6.07 Å². The van der Waals surface area contributed by atoms with E-state index in [1.165, 1.54) is 12.1 Å². The molecule has 0 bridgehead atoms. The van der Waals surface area contributed by atoms with Gasteiger partial charge in [0.15, 0.2) is 0 Å². The van der Waals surface area contributed by atoms with E-state index in [1.807, 2.05) is 36.4 Å². The Morgan fingerprint density at radius 2 is 1.90 bits per heavy atom. The van der Waals surface area contributed by atoms with Crippen molar-refractivity contribution in [3.05, 3.63) is 71.5 Å². The Morgan fingerprint density at radius 3 is 2.67 bits per heavy atom. The second kappa shape index (κ2) is 6.06. The Kier molecular flexibility index (Phi) is 3.97. The lowest BCUT2D eigenvalue weighted by Gasteiger charge is -2.31. The Morgan fingerprint density at radius 1 is 1.10 bits per heavy atom. The van der Waals surface area contributed by atoms with Crippen molar-refractivity contribution in [1.29, 1.82) is 0 Å². The number of rotatable bonds is 3. The van der Waals surface area contributed by atoms with Crippen LogP contribution >= 0.6 is 0 Å². The summed E-state index contributed by atoms with van der Waals surface area (Å²) in [4.78, 5) is 12.0. The number of amides is 1. The molecule has 1 amide bonds. The molecular formula is C17H17FN2O. The largest absolute Gasteiger partial charge is 0.353 e. The number of hydrogen-bond acceptors (Lipinski definition) is 2. The van der Waals surface area contributed by atoms with Gasteiger partial charge >= 0.3 is 0 Å². The van der Waals surface area contributed by atoms with Gasteiger partial charge in [-0.3, -0.25) is 10.1 Å². The summed E-state index contributed by atoms with van der Waals surface area (Å²) in [5, 5.41) is 6.27. The summed E-state index contributed by atoms with van der Waals surface area (Å²) in [7, 11) is 0. The Balaban J connectivity index is 1.73. The van der Waals surface area contributed by atoms with Crippen LogP contribution in [-0.2, 0) is 11.2 Å². The highest BCUT2D eigenvalue weighted by atomic mass is 19.1. The Labute approximate surface area is 123 Å². The number of carbonyl (C=O) groups is 1.